The number of nitrogens with one attached hydrogen (secondary N) is 1. The first-order valence-corrected chi connectivity index (χ1v) is 7.06. The number of aromatic nitrogens is 1. The molecule has 0 aliphatic rings. The van der Waals surface area contributed by atoms with E-state index in [-0.39, 0.29) is 0 Å². The molecule has 22 heavy (non-hydrogen) atoms. The van der Waals surface area contributed by atoms with Gasteiger partial charge < -0.3 is 4.74 Å². The van der Waals surface area contributed by atoms with E-state index < -0.39 is 0 Å². The SMILES string of the molecule is COc1ccc(/C=N\Nc2cc(C)nc3ccccc23)cc1. The topological polar surface area (TPSA) is 46.5 Å². The molecule has 110 valence electrons. The number of hydrogen-bond acceptors (Lipinski definition) is 4. The molecular weight excluding hydrogens is 274 g/mol. The van der Waals surface area contributed by atoms with Gasteiger partial charge in [-0.3, -0.25) is 10.4 Å². The Hall–Kier alpha value is -2.88. The van der Waals surface area contributed by atoms with E-state index in [0.29, 0.717) is 0 Å². The van der Waals surface area contributed by atoms with Gasteiger partial charge in [0.2, 0.25) is 0 Å². The zero-order valence-corrected chi connectivity index (χ0v) is 12.6. The minimum absolute atomic E-state index is 0.834. The summed E-state index contributed by atoms with van der Waals surface area (Å²) >= 11 is 0. The third-order valence-corrected chi connectivity index (χ3v) is 3.36. The van der Waals surface area contributed by atoms with Crippen LogP contribution in [0.1, 0.15) is 11.3 Å². The zero-order valence-electron chi connectivity index (χ0n) is 12.6. The summed E-state index contributed by atoms with van der Waals surface area (Å²) < 4.78 is 5.14. The molecule has 4 heteroatoms. The van der Waals surface area contributed by atoms with Crippen LogP contribution in [-0.4, -0.2) is 18.3 Å². The molecule has 0 atom stereocenters. The van der Waals surface area contributed by atoms with E-state index in [1.807, 2.05) is 61.5 Å². The van der Waals surface area contributed by atoms with E-state index in [2.05, 4.69) is 15.5 Å². The molecule has 1 N–H and O–H groups in total. The molecule has 0 aliphatic heterocycles. The molecule has 2 aromatic carbocycles. The summed E-state index contributed by atoms with van der Waals surface area (Å²) in [7, 11) is 1.65. The van der Waals surface area contributed by atoms with Crippen molar-refractivity contribution < 1.29 is 4.74 Å². The monoisotopic (exact) mass is 291 g/mol. The summed E-state index contributed by atoms with van der Waals surface area (Å²) in [6.07, 6.45) is 1.78. The van der Waals surface area contributed by atoms with Gasteiger partial charge in [-0.1, -0.05) is 18.2 Å². The van der Waals surface area contributed by atoms with Gasteiger partial charge in [-0.05, 0) is 48.9 Å². The second-order valence-electron chi connectivity index (χ2n) is 4.97. The maximum Gasteiger partial charge on any atom is 0.118 e. The normalized spacial score (nSPS) is 11.0. The number of fused-ring (bicyclic) bond motifs is 1. The van der Waals surface area contributed by atoms with Crippen molar-refractivity contribution in [3.63, 3.8) is 0 Å². The molecule has 4 nitrogen and oxygen atoms in total. The molecule has 0 fully saturated rings. The fourth-order valence-corrected chi connectivity index (χ4v) is 2.27. The summed E-state index contributed by atoms with van der Waals surface area (Å²) in [5, 5.41) is 5.37. The van der Waals surface area contributed by atoms with Gasteiger partial charge in [0, 0.05) is 11.1 Å². The van der Waals surface area contributed by atoms with Crippen molar-refractivity contribution >= 4 is 22.8 Å². The number of methoxy groups -OCH3 is 1. The molecule has 0 spiro atoms. The minimum atomic E-state index is 0.834. The third-order valence-electron chi connectivity index (χ3n) is 3.36. The first-order chi connectivity index (χ1) is 10.8. The lowest BCUT2D eigenvalue weighted by atomic mass is 10.1. The molecule has 0 amide bonds. The maximum absolute atomic E-state index is 5.14. The van der Waals surface area contributed by atoms with Gasteiger partial charge in [0.1, 0.15) is 5.75 Å². The van der Waals surface area contributed by atoms with Gasteiger partial charge >= 0.3 is 0 Å². The third kappa shape index (κ3) is 3.06. The molecule has 3 aromatic rings. The Morgan fingerprint density at radius 2 is 1.86 bits per heavy atom. The van der Waals surface area contributed by atoms with Crippen molar-refractivity contribution in [2.75, 3.05) is 12.5 Å². The molecular formula is C18H17N3O. The second-order valence-corrected chi connectivity index (χ2v) is 4.97. The number of nitrogens with zero attached hydrogens (tertiary/aromatic N) is 2. The van der Waals surface area contributed by atoms with E-state index in [0.717, 1.165) is 33.6 Å². The lowest BCUT2D eigenvalue weighted by Crippen LogP contribution is -1.94. The number of rotatable bonds is 4. The van der Waals surface area contributed by atoms with Crippen LogP contribution < -0.4 is 10.2 Å². The largest absolute Gasteiger partial charge is 0.497 e. The lowest BCUT2D eigenvalue weighted by Gasteiger charge is -2.06. The van der Waals surface area contributed by atoms with Gasteiger partial charge in [0.05, 0.1) is 24.5 Å². The van der Waals surface area contributed by atoms with Crippen molar-refractivity contribution in [2.24, 2.45) is 5.10 Å². The Labute approximate surface area is 129 Å². The highest BCUT2D eigenvalue weighted by Crippen LogP contribution is 2.22. The molecule has 3 rings (SSSR count). The molecule has 1 heterocycles. The molecule has 0 unspecified atom stereocenters. The Balaban J connectivity index is 1.82. The number of aryl methyl sites for hydroxylation is 1. The first-order valence-electron chi connectivity index (χ1n) is 7.06. The second kappa shape index (κ2) is 6.26. The van der Waals surface area contributed by atoms with Gasteiger partial charge in [0.25, 0.3) is 0 Å². The number of ether oxygens (including phenoxy) is 1. The van der Waals surface area contributed by atoms with E-state index in [1.165, 1.54) is 0 Å². The van der Waals surface area contributed by atoms with Crippen LogP contribution >= 0.6 is 0 Å². The summed E-state index contributed by atoms with van der Waals surface area (Å²) in [5.74, 6) is 0.834. The van der Waals surface area contributed by atoms with Crippen LogP contribution in [0.15, 0.2) is 59.7 Å². The molecule has 0 bridgehead atoms. The van der Waals surface area contributed by atoms with Crippen LogP contribution in [-0.2, 0) is 0 Å². The van der Waals surface area contributed by atoms with Gasteiger partial charge in [-0.2, -0.15) is 5.10 Å². The summed E-state index contributed by atoms with van der Waals surface area (Å²) in [4.78, 5) is 4.52. The van der Waals surface area contributed by atoms with Crippen molar-refractivity contribution in [1.82, 2.24) is 4.98 Å². The Kier molecular flexibility index (Phi) is 4.01. The number of pyridine rings is 1. The smallest absolute Gasteiger partial charge is 0.118 e. The number of para-hydroxylation sites is 1. The van der Waals surface area contributed by atoms with Crippen molar-refractivity contribution in [2.45, 2.75) is 6.92 Å². The predicted molar refractivity (Wildman–Crippen MR) is 90.7 cm³/mol. The Morgan fingerprint density at radius 3 is 2.64 bits per heavy atom. The summed E-state index contributed by atoms with van der Waals surface area (Å²) in [5.41, 5.74) is 6.98. The van der Waals surface area contributed by atoms with Crippen LogP contribution in [0.2, 0.25) is 0 Å². The molecule has 0 radical (unpaired) electrons. The van der Waals surface area contributed by atoms with Crippen LogP contribution in [0, 0.1) is 6.92 Å². The van der Waals surface area contributed by atoms with Crippen molar-refractivity contribution in [3.05, 3.63) is 65.9 Å². The van der Waals surface area contributed by atoms with Crippen molar-refractivity contribution in [3.8, 4) is 5.75 Å². The zero-order chi connectivity index (χ0) is 15.4. The van der Waals surface area contributed by atoms with Crippen molar-refractivity contribution in [1.29, 1.82) is 0 Å². The highest BCUT2D eigenvalue weighted by molar-refractivity contribution is 5.92. The summed E-state index contributed by atoms with van der Waals surface area (Å²) in [6.45, 7) is 1.98. The standard InChI is InChI=1S/C18H17N3O/c1-13-11-18(16-5-3-4-6-17(16)20-13)21-19-12-14-7-9-15(22-2)10-8-14/h3-12H,1-2H3,(H,20,21)/b19-12-. The van der Waals surface area contributed by atoms with Gasteiger partial charge in [-0.15, -0.1) is 0 Å². The summed E-state index contributed by atoms with van der Waals surface area (Å²) in [6, 6.07) is 17.7. The van der Waals surface area contributed by atoms with Crippen LogP contribution in [0.3, 0.4) is 0 Å². The van der Waals surface area contributed by atoms with Crippen LogP contribution in [0.5, 0.6) is 5.75 Å². The Morgan fingerprint density at radius 1 is 1.09 bits per heavy atom. The predicted octanol–water partition coefficient (Wildman–Crippen LogP) is 4.00. The van der Waals surface area contributed by atoms with Crippen LogP contribution in [0.4, 0.5) is 5.69 Å². The first kappa shape index (κ1) is 14.1. The number of hydrazone groups is 1. The number of hydrogen-bond donors (Lipinski definition) is 1. The Bertz CT molecular complexity index is 810. The fourth-order valence-electron chi connectivity index (χ4n) is 2.27. The highest BCUT2D eigenvalue weighted by Gasteiger charge is 2.02. The van der Waals surface area contributed by atoms with E-state index in [4.69, 9.17) is 4.74 Å². The van der Waals surface area contributed by atoms with E-state index in [1.54, 1.807) is 13.3 Å². The molecule has 0 aliphatic carbocycles. The van der Waals surface area contributed by atoms with Gasteiger partial charge in [0.15, 0.2) is 0 Å². The average molecular weight is 291 g/mol. The maximum atomic E-state index is 5.14. The van der Waals surface area contributed by atoms with Gasteiger partial charge in [-0.25, -0.2) is 0 Å². The average Bonchev–Trinajstić information content (AvgIpc) is 2.55. The lowest BCUT2D eigenvalue weighted by molar-refractivity contribution is 0.415. The van der Waals surface area contributed by atoms with E-state index >= 15 is 0 Å². The van der Waals surface area contributed by atoms with Crippen LogP contribution in [0.25, 0.3) is 10.9 Å². The molecule has 0 saturated heterocycles. The molecule has 0 saturated carbocycles. The number of anilines is 1. The highest BCUT2D eigenvalue weighted by atomic mass is 16.5. The quantitative estimate of drug-likeness (QED) is 0.584. The number of benzene rings is 2. The minimum Gasteiger partial charge on any atom is -0.497 e. The van der Waals surface area contributed by atoms with E-state index in [9.17, 15) is 0 Å². The molecule has 1 aromatic heterocycles. The fraction of sp³-hybridized carbons (Fsp3) is 0.111.